The van der Waals surface area contributed by atoms with Crippen LogP contribution in [0.1, 0.15) is 0 Å². The van der Waals surface area contributed by atoms with Gasteiger partial charge in [-0.25, -0.2) is 4.79 Å². The molecule has 0 saturated carbocycles. The van der Waals surface area contributed by atoms with Crippen molar-refractivity contribution >= 4 is 17.4 Å². The molecule has 0 aliphatic carbocycles. The van der Waals surface area contributed by atoms with Gasteiger partial charge in [-0.05, 0) is 0 Å². The predicted molar refractivity (Wildman–Crippen MR) is 67.9 cm³/mol. The van der Waals surface area contributed by atoms with E-state index < -0.39 is 36.2 Å². The third-order valence-corrected chi connectivity index (χ3v) is 3.44. The van der Waals surface area contributed by atoms with Gasteiger partial charge in [0.15, 0.2) is 0 Å². The Morgan fingerprint density at radius 3 is 2.37 bits per heavy atom. The lowest BCUT2D eigenvalue weighted by atomic mass is 10.1. The highest BCUT2D eigenvalue weighted by Gasteiger charge is 2.24. The molecule has 0 bridgehead atoms. The maximum Gasteiger partial charge on any atom is 0.326 e. The van der Waals surface area contributed by atoms with Crippen molar-refractivity contribution in [3.63, 3.8) is 0 Å². The number of aliphatic hydroxyl groups is 4. The number of aliphatic hydroxyl groups excluding tert-OH is 4. The van der Waals surface area contributed by atoms with Crippen molar-refractivity contribution in [2.75, 3.05) is 18.1 Å². The minimum absolute atomic E-state index is 0.0542. The quantitative estimate of drug-likeness (QED) is 0.212. The van der Waals surface area contributed by atoms with Crippen LogP contribution in [0.2, 0.25) is 0 Å². The summed E-state index contributed by atoms with van der Waals surface area (Å²) in [7, 11) is 0. The largest absolute Gasteiger partial charge is 0.394 e. The average molecular weight is 293 g/mol. The van der Waals surface area contributed by atoms with Gasteiger partial charge in [0.25, 0.3) is 5.56 Å². The van der Waals surface area contributed by atoms with Gasteiger partial charge in [0.2, 0.25) is 0 Å². The molecule has 0 radical (unpaired) electrons. The zero-order valence-corrected chi connectivity index (χ0v) is 10.6. The van der Waals surface area contributed by atoms with E-state index in [1.165, 1.54) is 0 Å². The van der Waals surface area contributed by atoms with Gasteiger partial charge in [0.1, 0.15) is 22.9 Å². The molecule has 10 heteroatoms. The number of nitrogen functional groups attached to an aromatic ring is 1. The number of aromatic nitrogens is 2. The summed E-state index contributed by atoms with van der Waals surface area (Å²) in [6.07, 6.45) is -4.40. The molecule has 0 aromatic carbocycles. The molecule has 1 heterocycles. The summed E-state index contributed by atoms with van der Waals surface area (Å²) >= 11 is 0.836. The van der Waals surface area contributed by atoms with Crippen LogP contribution in [0.5, 0.6) is 0 Å². The molecule has 1 aromatic heterocycles. The number of H-pyrrole nitrogens is 2. The van der Waals surface area contributed by atoms with Crippen LogP contribution < -0.4 is 17.0 Å². The molecular formula is C9H15N3O6S. The van der Waals surface area contributed by atoms with Crippen LogP contribution >= 0.6 is 11.8 Å². The highest BCUT2D eigenvalue weighted by atomic mass is 32.2. The third kappa shape index (κ3) is 4.08. The van der Waals surface area contributed by atoms with E-state index in [0.717, 1.165) is 11.8 Å². The Morgan fingerprint density at radius 1 is 1.16 bits per heavy atom. The number of hydrogen-bond donors (Lipinski definition) is 7. The standard InChI is InChI=1S/C9H15N3O6S/c10-5-7(17)11-9(18)12-8(5)19-2-4(15)6(16)3(14)1-13/h3-4,6,13-16H,1-2,10H2,(H2,11,12,17,18). The highest BCUT2D eigenvalue weighted by molar-refractivity contribution is 7.99. The van der Waals surface area contributed by atoms with Gasteiger partial charge in [-0.3, -0.25) is 9.78 Å². The van der Waals surface area contributed by atoms with Crippen LogP contribution in [0.15, 0.2) is 14.6 Å². The molecule has 8 N–H and O–H groups in total. The summed E-state index contributed by atoms with van der Waals surface area (Å²) in [5, 5.41) is 36.7. The Bertz CT molecular complexity index is 529. The van der Waals surface area contributed by atoms with Gasteiger partial charge in [0.05, 0.1) is 12.7 Å². The highest BCUT2D eigenvalue weighted by Crippen LogP contribution is 2.20. The van der Waals surface area contributed by atoms with E-state index in [9.17, 15) is 19.8 Å². The first-order valence-corrected chi connectivity index (χ1v) is 6.25. The lowest BCUT2D eigenvalue weighted by molar-refractivity contribution is -0.0683. The van der Waals surface area contributed by atoms with Crippen LogP contribution in [-0.4, -0.2) is 61.1 Å². The van der Waals surface area contributed by atoms with Crippen LogP contribution in [0.25, 0.3) is 0 Å². The molecule has 1 rings (SSSR count). The second-order valence-corrected chi connectivity index (χ2v) is 4.80. The van der Waals surface area contributed by atoms with E-state index in [1.54, 1.807) is 0 Å². The van der Waals surface area contributed by atoms with E-state index in [2.05, 4.69) is 4.98 Å². The zero-order valence-electron chi connectivity index (χ0n) is 9.74. The summed E-state index contributed by atoms with van der Waals surface area (Å²) in [5.74, 6) is -0.137. The summed E-state index contributed by atoms with van der Waals surface area (Å²) < 4.78 is 0. The van der Waals surface area contributed by atoms with Crippen molar-refractivity contribution in [3.8, 4) is 0 Å². The van der Waals surface area contributed by atoms with E-state index in [1.807, 2.05) is 4.98 Å². The SMILES string of the molecule is Nc1c(SCC(O)C(O)C(O)CO)[nH]c(=O)[nH]c1=O. The minimum Gasteiger partial charge on any atom is -0.394 e. The number of nitrogens with two attached hydrogens (primary N) is 1. The molecule has 3 atom stereocenters. The number of hydrogen-bond acceptors (Lipinski definition) is 8. The van der Waals surface area contributed by atoms with Crippen molar-refractivity contribution in [2.24, 2.45) is 0 Å². The lowest BCUT2D eigenvalue weighted by Crippen LogP contribution is -2.40. The number of thioether (sulfide) groups is 1. The van der Waals surface area contributed by atoms with Gasteiger partial charge in [-0.1, -0.05) is 0 Å². The van der Waals surface area contributed by atoms with Crippen LogP contribution in [0.3, 0.4) is 0 Å². The Kier molecular flexibility index (Phi) is 5.57. The maximum atomic E-state index is 11.2. The number of rotatable bonds is 6. The molecule has 9 nitrogen and oxygen atoms in total. The number of anilines is 1. The molecule has 0 aliphatic rings. The van der Waals surface area contributed by atoms with Crippen molar-refractivity contribution in [1.82, 2.24) is 9.97 Å². The normalized spacial score (nSPS) is 16.0. The fourth-order valence-electron chi connectivity index (χ4n) is 1.22. The second-order valence-electron chi connectivity index (χ2n) is 3.77. The third-order valence-electron chi connectivity index (χ3n) is 2.32. The molecule has 0 spiro atoms. The van der Waals surface area contributed by atoms with E-state index in [0.29, 0.717) is 0 Å². The monoisotopic (exact) mass is 293 g/mol. The van der Waals surface area contributed by atoms with Gasteiger partial charge in [-0.2, -0.15) is 0 Å². The molecule has 0 saturated heterocycles. The predicted octanol–water partition coefficient (Wildman–Crippen LogP) is -3.19. The molecule has 0 fully saturated rings. The van der Waals surface area contributed by atoms with E-state index in [-0.39, 0.29) is 16.5 Å². The van der Waals surface area contributed by atoms with Gasteiger partial charge < -0.3 is 31.1 Å². The maximum absolute atomic E-state index is 11.2. The van der Waals surface area contributed by atoms with E-state index >= 15 is 0 Å². The van der Waals surface area contributed by atoms with Crippen LogP contribution in [-0.2, 0) is 0 Å². The first-order chi connectivity index (χ1) is 8.86. The molecule has 19 heavy (non-hydrogen) atoms. The Balaban J connectivity index is 2.72. The molecule has 1 aromatic rings. The van der Waals surface area contributed by atoms with Gasteiger partial charge in [0, 0.05) is 5.75 Å². The molecule has 108 valence electrons. The van der Waals surface area contributed by atoms with E-state index in [4.69, 9.17) is 15.9 Å². The zero-order chi connectivity index (χ0) is 14.6. The smallest absolute Gasteiger partial charge is 0.326 e. The topological polar surface area (TPSA) is 173 Å². The van der Waals surface area contributed by atoms with Crippen molar-refractivity contribution in [2.45, 2.75) is 23.3 Å². The molecule has 3 unspecified atom stereocenters. The lowest BCUT2D eigenvalue weighted by Gasteiger charge is -2.21. The summed E-state index contributed by atoms with van der Waals surface area (Å²) in [6.45, 7) is -0.702. The minimum atomic E-state index is -1.55. The molecular weight excluding hydrogens is 278 g/mol. The Morgan fingerprint density at radius 2 is 1.79 bits per heavy atom. The van der Waals surface area contributed by atoms with Crippen molar-refractivity contribution < 1.29 is 20.4 Å². The fourth-order valence-corrected chi connectivity index (χ4v) is 2.17. The average Bonchev–Trinajstić information content (AvgIpc) is 2.38. The Hall–Kier alpha value is -1.33. The molecule has 0 aliphatic heterocycles. The summed E-state index contributed by atoms with van der Waals surface area (Å²) in [4.78, 5) is 26.4. The number of nitrogens with one attached hydrogen (secondary N) is 2. The first kappa shape index (κ1) is 15.7. The van der Waals surface area contributed by atoms with Gasteiger partial charge in [-0.15, -0.1) is 11.8 Å². The number of aromatic amines is 2. The van der Waals surface area contributed by atoms with Gasteiger partial charge >= 0.3 is 5.69 Å². The fraction of sp³-hybridized carbons (Fsp3) is 0.556. The first-order valence-electron chi connectivity index (χ1n) is 5.26. The molecule has 0 amide bonds. The van der Waals surface area contributed by atoms with Crippen LogP contribution in [0, 0.1) is 0 Å². The van der Waals surface area contributed by atoms with Crippen molar-refractivity contribution in [1.29, 1.82) is 0 Å². The Labute approximate surface area is 111 Å². The second kappa shape index (κ2) is 6.73. The summed E-state index contributed by atoms with van der Waals surface area (Å²) in [5.41, 5.74) is 3.72. The van der Waals surface area contributed by atoms with Crippen LogP contribution in [0.4, 0.5) is 5.69 Å². The summed E-state index contributed by atoms with van der Waals surface area (Å²) in [6, 6.07) is 0. The van der Waals surface area contributed by atoms with Crippen molar-refractivity contribution in [3.05, 3.63) is 20.8 Å².